The van der Waals surface area contributed by atoms with Crippen molar-refractivity contribution >= 4 is 27.4 Å². The number of sulfone groups is 1. The number of rotatable bonds is 7. The lowest BCUT2D eigenvalue weighted by atomic mass is 10.2. The van der Waals surface area contributed by atoms with Crippen molar-refractivity contribution in [2.75, 3.05) is 17.3 Å². The minimum absolute atomic E-state index is 0.222. The van der Waals surface area contributed by atoms with Gasteiger partial charge in [0.1, 0.15) is 11.5 Å². The molecule has 3 aromatic carbocycles. The van der Waals surface area contributed by atoms with Gasteiger partial charge < -0.3 is 14.4 Å². The fraction of sp³-hybridized carbons (Fsp3) is 0.120. The predicted molar refractivity (Wildman–Crippen MR) is 124 cm³/mol. The van der Waals surface area contributed by atoms with Gasteiger partial charge in [-0.15, -0.1) is 0 Å². The van der Waals surface area contributed by atoms with E-state index >= 15 is 0 Å². The third kappa shape index (κ3) is 5.67. The Kier molecular flexibility index (Phi) is 6.55. The molecule has 1 atom stereocenters. The fourth-order valence-electron chi connectivity index (χ4n) is 3.42. The van der Waals surface area contributed by atoms with Gasteiger partial charge in [-0.2, -0.15) is 0 Å². The second-order valence-electron chi connectivity index (χ2n) is 7.34. The number of ether oxygens (including phenoxy) is 2. The molecule has 0 radical (unpaired) electrons. The van der Waals surface area contributed by atoms with E-state index in [1.807, 2.05) is 18.2 Å². The quantitative estimate of drug-likeness (QED) is 0.493. The number of nitrogens with zero attached hydrogens (tertiary/aromatic N) is 1. The summed E-state index contributed by atoms with van der Waals surface area (Å²) in [6, 6.07) is 23.6. The highest BCUT2D eigenvalue weighted by Gasteiger charge is 2.31. The predicted octanol–water partition coefficient (Wildman–Crippen LogP) is 3.98. The van der Waals surface area contributed by atoms with Crippen LogP contribution in [-0.4, -0.2) is 38.7 Å². The Hall–Kier alpha value is -3.91. The summed E-state index contributed by atoms with van der Waals surface area (Å²) >= 11 is 0. The van der Waals surface area contributed by atoms with Crippen molar-refractivity contribution < 1.29 is 27.5 Å². The molecule has 7 nitrogen and oxygen atoms in total. The lowest BCUT2D eigenvalue weighted by molar-refractivity contribution is -0.121. The molecular formula is C25H21NO6S. The zero-order valence-electron chi connectivity index (χ0n) is 17.5. The molecule has 8 heteroatoms. The smallest absolute Gasteiger partial charge is 0.338 e. The summed E-state index contributed by atoms with van der Waals surface area (Å²) in [4.78, 5) is 26.9. The monoisotopic (exact) mass is 463 g/mol. The molecule has 33 heavy (non-hydrogen) atoms. The summed E-state index contributed by atoms with van der Waals surface area (Å²) in [6.07, 6.45) is 1.46. The first-order valence-electron chi connectivity index (χ1n) is 10.2. The number of benzene rings is 3. The van der Waals surface area contributed by atoms with Crippen LogP contribution in [0, 0.1) is 0 Å². The van der Waals surface area contributed by atoms with Gasteiger partial charge in [-0.1, -0.05) is 42.5 Å². The van der Waals surface area contributed by atoms with Gasteiger partial charge in [0.05, 0.1) is 17.4 Å². The van der Waals surface area contributed by atoms with Gasteiger partial charge in [0, 0.05) is 11.1 Å². The average Bonchev–Trinajstić information content (AvgIpc) is 3.18. The fourth-order valence-corrected chi connectivity index (χ4v) is 4.69. The van der Waals surface area contributed by atoms with Crippen LogP contribution in [0.1, 0.15) is 10.4 Å². The molecule has 0 N–H and O–H groups in total. The van der Waals surface area contributed by atoms with Crippen molar-refractivity contribution in [2.24, 2.45) is 0 Å². The first-order valence-corrected chi connectivity index (χ1v) is 11.9. The molecule has 3 aromatic rings. The van der Waals surface area contributed by atoms with Crippen molar-refractivity contribution in [3.8, 4) is 11.5 Å². The first kappa shape index (κ1) is 22.3. The van der Waals surface area contributed by atoms with E-state index in [1.165, 1.54) is 17.0 Å². The van der Waals surface area contributed by atoms with Crippen LogP contribution in [0.2, 0.25) is 0 Å². The van der Waals surface area contributed by atoms with Crippen LogP contribution in [-0.2, 0) is 19.4 Å². The van der Waals surface area contributed by atoms with E-state index < -0.39 is 34.4 Å². The van der Waals surface area contributed by atoms with Crippen LogP contribution < -0.4 is 9.64 Å². The van der Waals surface area contributed by atoms with Crippen LogP contribution in [0.3, 0.4) is 0 Å². The molecule has 4 rings (SSSR count). The van der Waals surface area contributed by atoms with Crippen LogP contribution in [0.15, 0.2) is 96.4 Å². The van der Waals surface area contributed by atoms with Crippen molar-refractivity contribution in [1.82, 2.24) is 0 Å². The zero-order valence-corrected chi connectivity index (χ0v) is 18.4. The van der Waals surface area contributed by atoms with Gasteiger partial charge in [-0.25, -0.2) is 13.2 Å². The molecule has 1 aliphatic rings. The molecule has 1 aliphatic heterocycles. The van der Waals surface area contributed by atoms with Gasteiger partial charge in [0.15, 0.2) is 16.4 Å². The van der Waals surface area contributed by atoms with E-state index in [9.17, 15) is 18.0 Å². The Bertz CT molecular complexity index is 1270. The maximum atomic E-state index is 13.0. The standard InChI is InChI=1S/C25H21NO6S/c27-24(26(20-9-3-1-4-10-20)21-14-15-33(29,30)18-21)17-31-25(28)19-8-7-13-23(16-19)32-22-11-5-2-6-12-22/h1-16,21H,17-18H2. The second kappa shape index (κ2) is 9.70. The number of amides is 1. The maximum Gasteiger partial charge on any atom is 0.338 e. The molecule has 1 unspecified atom stereocenters. The Balaban J connectivity index is 1.45. The molecule has 168 valence electrons. The molecule has 0 aliphatic carbocycles. The van der Waals surface area contributed by atoms with E-state index in [1.54, 1.807) is 60.7 Å². The number of carbonyl (C=O) groups excluding carboxylic acids is 2. The van der Waals surface area contributed by atoms with Crippen molar-refractivity contribution in [1.29, 1.82) is 0 Å². The molecule has 0 fully saturated rings. The Morgan fingerprint density at radius 3 is 2.21 bits per heavy atom. The van der Waals surface area contributed by atoms with Crippen LogP contribution >= 0.6 is 0 Å². The lowest BCUT2D eigenvalue weighted by Crippen LogP contribution is -2.43. The van der Waals surface area contributed by atoms with Gasteiger partial charge in [0.25, 0.3) is 5.91 Å². The van der Waals surface area contributed by atoms with E-state index in [-0.39, 0.29) is 11.3 Å². The number of para-hydroxylation sites is 2. The highest BCUT2D eigenvalue weighted by molar-refractivity contribution is 7.94. The average molecular weight is 464 g/mol. The Labute approximate surface area is 191 Å². The van der Waals surface area contributed by atoms with Crippen LogP contribution in [0.4, 0.5) is 5.69 Å². The van der Waals surface area contributed by atoms with Gasteiger partial charge in [-0.3, -0.25) is 4.79 Å². The first-order chi connectivity index (χ1) is 15.9. The van der Waals surface area contributed by atoms with E-state index in [0.29, 0.717) is 17.2 Å². The molecule has 0 bridgehead atoms. The van der Waals surface area contributed by atoms with Gasteiger partial charge in [0.2, 0.25) is 0 Å². The minimum atomic E-state index is -3.38. The summed E-state index contributed by atoms with van der Waals surface area (Å²) in [7, 11) is -3.38. The molecule has 0 saturated carbocycles. The zero-order chi connectivity index (χ0) is 23.3. The van der Waals surface area contributed by atoms with E-state index in [0.717, 1.165) is 5.41 Å². The van der Waals surface area contributed by atoms with E-state index in [2.05, 4.69) is 0 Å². The Morgan fingerprint density at radius 2 is 1.55 bits per heavy atom. The van der Waals surface area contributed by atoms with Crippen molar-refractivity contribution in [3.05, 3.63) is 102 Å². The normalized spacial score (nSPS) is 16.2. The Morgan fingerprint density at radius 1 is 0.879 bits per heavy atom. The maximum absolute atomic E-state index is 13.0. The lowest BCUT2D eigenvalue weighted by Gasteiger charge is -2.27. The van der Waals surface area contributed by atoms with Gasteiger partial charge in [-0.05, 0) is 48.5 Å². The number of anilines is 1. The van der Waals surface area contributed by atoms with Crippen LogP contribution in [0.25, 0.3) is 0 Å². The highest BCUT2D eigenvalue weighted by atomic mass is 32.2. The third-order valence-corrected chi connectivity index (χ3v) is 6.30. The summed E-state index contributed by atoms with van der Waals surface area (Å²) < 4.78 is 34.8. The summed E-state index contributed by atoms with van der Waals surface area (Å²) in [6.45, 7) is -0.540. The highest BCUT2D eigenvalue weighted by Crippen LogP contribution is 2.24. The van der Waals surface area contributed by atoms with Gasteiger partial charge >= 0.3 is 5.97 Å². The molecule has 1 heterocycles. The molecule has 0 saturated heterocycles. The number of hydrogen-bond acceptors (Lipinski definition) is 6. The molecule has 0 spiro atoms. The van der Waals surface area contributed by atoms with Crippen molar-refractivity contribution in [2.45, 2.75) is 6.04 Å². The third-order valence-electron chi connectivity index (χ3n) is 4.92. The minimum Gasteiger partial charge on any atom is -0.457 e. The molecule has 1 amide bonds. The van der Waals surface area contributed by atoms with Crippen LogP contribution in [0.5, 0.6) is 11.5 Å². The largest absolute Gasteiger partial charge is 0.457 e. The SMILES string of the molecule is O=C(OCC(=O)N(c1ccccc1)C1C=CS(=O)(=O)C1)c1cccc(Oc2ccccc2)c1. The summed E-state index contributed by atoms with van der Waals surface area (Å²) in [5.41, 5.74) is 0.745. The number of hydrogen-bond donors (Lipinski definition) is 0. The summed E-state index contributed by atoms with van der Waals surface area (Å²) in [5.74, 6) is -0.367. The molecular weight excluding hydrogens is 442 g/mol. The topological polar surface area (TPSA) is 90.0 Å². The van der Waals surface area contributed by atoms with Crippen molar-refractivity contribution in [3.63, 3.8) is 0 Å². The number of esters is 1. The second-order valence-corrected chi connectivity index (χ2v) is 9.27. The molecule has 0 aromatic heterocycles. The number of carbonyl (C=O) groups is 2. The summed E-state index contributed by atoms with van der Waals surface area (Å²) in [5, 5.41) is 1.10. The van der Waals surface area contributed by atoms with E-state index in [4.69, 9.17) is 9.47 Å².